The van der Waals surface area contributed by atoms with Gasteiger partial charge in [-0.2, -0.15) is 0 Å². The van der Waals surface area contributed by atoms with E-state index in [9.17, 15) is 8.76 Å². The van der Waals surface area contributed by atoms with Gasteiger partial charge in [0.05, 0.1) is 0 Å². The van der Waals surface area contributed by atoms with E-state index >= 15 is 0 Å². The van der Waals surface area contributed by atoms with Gasteiger partial charge >= 0.3 is 201 Å². The van der Waals surface area contributed by atoms with Crippen LogP contribution in [0.1, 0.15) is 71.2 Å². The Morgan fingerprint density at radius 3 is 2.16 bits per heavy atom. The second kappa shape index (κ2) is 13.9. The zero-order valence-corrected chi connectivity index (χ0v) is 24.1. The molecule has 0 fully saturated rings. The number of para-hydroxylation sites is 1. The van der Waals surface area contributed by atoms with Gasteiger partial charge in [-0.3, -0.25) is 0 Å². The predicted molar refractivity (Wildman–Crippen MR) is 139 cm³/mol. The van der Waals surface area contributed by atoms with Crippen molar-refractivity contribution in [3.8, 4) is 0 Å². The topological polar surface area (TPSA) is 53.0 Å². The van der Waals surface area contributed by atoms with Gasteiger partial charge in [0.15, 0.2) is 0 Å². The molecule has 1 unspecified atom stereocenters. The van der Waals surface area contributed by atoms with Gasteiger partial charge in [-0.25, -0.2) is 0 Å². The Labute approximate surface area is 199 Å². The number of rotatable bonds is 14. The molecule has 1 aromatic heterocycles. The van der Waals surface area contributed by atoms with Crippen molar-refractivity contribution in [1.29, 1.82) is 0 Å². The summed E-state index contributed by atoms with van der Waals surface area (Å²) < 4.78 is 30.5. The van der Waals surface area contributed by atoms with Gasteiger partial charge in [0.1, 0.15) is 0 Å². The predicted octanol–water partition coefficient (Wildman–Crippen LogP) is 7.94. The van der Waals surface area contributed by atoms with Crippen LogP contribution in [0.3, 0.4) is 0 Å². The first-order valence-corrected chi connectivity index (χ1v) is 21.2. The summed E-state index contributed by atoms with van der Waals surface area (Å²) in [6, 6.07) is 8.20. The zero-order chi connectivity index (χ0) is 22.7. The number of allylic oxidation sites excluding steroid dienone is 3. The molecule has 0 aliphatic rings. The minimum absolute atomic E-state index is 0.752. The molecular formula is C25H38NO2S2Sn-. The van der Waals surface area contributed by atoms with Crippen molar-refractivity contribution in [2.45, 2.75) is 86.0 Å². The molecule has 1 heterocycles. The van der Waals surface area contributed by atoms with Crippen LogP contribution < -0.4 is 0 Å². The number of hydrogen-bond donors (Lipinski definition) is 0. The zero-order valence-electron chi connectivity index (χ0n) is 19.6. The molecule has 1 atom stereocenters. The van der Waals surface area contributed by atoms with Gasteiger partial charge in [0.25, 0.3) is 0 Å². The summed E-state index contributed by atoms with van der Waals surface area (Å²) in [5.41, 5.74) is 2.10. The van der Waals surface area contributed by atoms with Crippen LogP contribution in [0, 0.1) is 0 Å². The molecule has 172 valence electrons. The third-order valence-corrected chi connectivity index (χ3v) is 26.5. The molecule has 6 heteroatoms. The normalized spacial score (nSPS) is 14.4. The van der Waals surface area contributed by atoms with Gasteiger partial charge in [-0.05, 0) is 0 Å². The second-order valence-corrected chi connectivity index (χ2v) is 24.7. The van der Waals surface area contributed by atoms with E-state index < -0.39 is 29.5 Å². The monoisotopic (exact) mass is 568 g/mol. The number of unbranched alkanes of at least 4 members (excludes halogenated alkanes) is 3. The first-order valence-electron chi connectivity index (χ1n) is 11.8. The van der Waals surface area contributed by atoms with Crippen molar-refractivity contribution in [3.63, 3.8) is 0 Å². The van der Waals surface area contributed by atoms with E-state index in [1.165, 1.54) is 4.70 Å². The van der Waals surface area contributed by atoms with Crippen LogP contribution in [0.4, 0.5) is 0 Å². The van der Waals surface area contributed by atoms with Crippen LogP contribution in [0.2, 0.25) is 13.3 Å². The van der Waals surface area contributed by atoms with Gasteiger partial charge < -0.3 is 0 Å². The number of nitrogens with zero attached hydrogens (tertiary/aromatic N) is 1. The molecule has 0 spiro atoms. The molecule has 0 aliphatic heterocycles. The Bertz CT molecular complexity index is 849. The van der Waals surface area contributed by atoms with E-state index in [0.29, 0.717) is 0 Å². The summed E-state index contributed by atoms with van der Waals surface area (Å²) in [6.07, 6.45) is 11.8. The van der Waals surface area contributed by atoms with Crippen LogP contribution in [0.5, 0.6) is 0 Å². The Hall–Kier alpha value is -0.501. The number of fused-ring (bicyclic) bond motifs is 1. The van der Waals surface area contributed by atoms with Crippen molar-refractivity contribution >= 4 is 51.0 Å². The van der Waals surface area contributed by atoms with E-state index in [0.717, 1.165) is 77.3 Å². The Kier molecular flexibility index (Phi) is 12.0. The van der Waals surface area contributed by atoms with Crippen LogP contribution in [-0.2, 0) is 17.5 Å². The Morgan fingerprint density at radius 2 is 1.65 bits per heavy atom. The molecule has 0 amide bonds. The van der Waals surface area contributed by atoms with Crippen molar-refractivity contribution in [2.75, 3.05) is 0 Å². The van der Waals surface area contributed by atoms with Crippen LogP contribution >= 0.6 is 11.3 Å². The van der Waals surface area contributed by atoms with E-state index in [-0.39, 0.29) is 0 Å². The minimum atomic E-state index is -2.98. The first kappa shape index (κ1) is 26.7. The van der Waals surface area contributed by atoms with Gasteiger partial charge in [-0.15, -0.1) is 0 Å². The van der Waals surface area contributed by atoms with Gasteiger partial charge in [0.2, 0.25) is 0 Å². The number of hydrogen-bond acceptors (Lipinski definition) is 4. The molecule has 1 aromatic carbocycles. The number of aromatic nitrogens is 1. The summed E-state index contributed by atoms with van der Waals surface area (Å²) in [7, 11) is 0. The maximum absolute atomic E-state index is 12.5. The molecular weight excluding hydrogens is 529 g/mol. The summed E-state index contributed by atoms with van der Waals surface area (Å²) in [6.45, 7) is 8.71. The van der Waals surface area contributed by atoms with Crippen molar-refractivity contribution in [2.24, 2.45) is 0 Å². The standard InChI is InChI=1S/C13H12NO2S2.3C4H9.Sn/c1-10(8-9-18(15)16)6-7-13-14-11-4-2-3-5-12(11)17-13;3*1-3-4-2;/h2-6,8H,7H2,1H3,(H,15,16);3*1,3-4H2,2H3;/p-1. The first-order chi connectivity index (χ1) is 15.0. The molecule has 0 N–H and O–H groups in total. The molecule has 0 bridgehead atoms. The van der Waals surface area contributed by atoms with Gasteiger partial charge in [-0.1, -0.05) is 0 Å². The summed E-state index contributed by atoms with van der Waals surface area (Å²) in [5.74, 6) is 0. The fourth-order valence-electron chi connectivity index (χ4n) is 4.19. The molecule has 2 aromatic rings. The SMILES string of the molecule is CCC[CH2][Sn]([CH2]CCC)([CH2]CCC)[C](=CC(C)=CCc1nc2ccccc2s1)S(=O)[O-]. The van der Waals surface area contributed by atoms with Crippen LogP contribution in [0.25, 0.3) is 10.2 Å². The third-order valence-electron chi connectivity index (χ3n) is 6.02. The van der Waals surface area contributed by atoms with E-state index in [2.05, 4.69) is 39.8 Å². The average molecular weight is 567 g/mol. The number of benzene rings is 1. The van der Waals surface area contributed by atoms with Crippen LogP contribution in [0.15, 0.2) is 44.9 Å². The Morgan fingerprint density at radius 1 is 1.06 bits per heavy atom. The van der Waals surface area contributed by atoms with Crippen LogP contribution in [-0.4, -0.2) is 32.1 Å². The summed E-state index contributed by atoms with van der Waals surface area (Å²) >= 11 is -3.38. The molecule has 0 aliphatic carbocycles. The molecule has 2 rings (SSSR count). The Balaban J connectivity index is 2.33. The van der Waals surface area contributed by atoms with Crippen molar-refractivity contribution in [1.82, 2.24) is 4.98 Å². The van der Waals surface area contributed by atoms with Crippen molar-refractivity contribution < 1.29 is 8.76 Å². The van der Waals surface area contributed by atoms with E-state index in [1.54, 1.807) is 11.3 Å². The van der Waals surface area contributed by atoms with Gasteiger partial charge in [0, 0.05) is 0 Å². The summed E-state index contributed by atoms with van der Waals surface area (Å²) in [4.78, 5) is 4.71. The molecule has 0 saturated heterocycles. The quantitative estimate of drug-likeness (QED) is 0.132. The third kappa shape index (κ3) is 8.09. The molecule has 0 radical (unpaired) electrons. The van der Waals surface area contributed by atoms with E-state index in [1.807, 2.05) is 24.3 Å². The molecule has 3 nitrogen and oxygen atoms in total. The average Bonchev–Trinajstić information content (AvgIpc) is 3.19. The number of thiazole rings is 1. The molecule has 0 saturated carbocycles. The maximum atomic E-state index is 12.5. The fraction of sp³-hybridized carbons (Fsp3) is 0.560. The summed E-state index contributed by atoms with van der Waals surface area (Å²) in [5, 5.41) is 1.08. The molecule has 31 heavy (non-hydrogen) atoms. The fourth-order valence-corrected chi connectivity index (χ4v) is 25.4. The van der Waals surface area contributed by atoms with Crippen molar-refractivity contribution in [3.05, 3.63) is 49.9 Å². The second-order valence-electron chi connectivity index (χ2n) is 8.56. The van der Waals surface area contributed by atoms with E-state index in [4.69, 9.17) is 4.98 Å².